The third-order valence-corrected chi connectivity index (χ3v) is 5.91. The van der Waals surface area contributed by atoms with E-state index in [0.29, 0.717) is 19.5 Å². The van der Waals surface area contributed by atoms with Crippen LogP contribution in [-0.2, 0) is 17.9 Å². The van der Waals surface area contributed by atoms with Gasteiger partial charge in [-0.15, -0.1) is 0 Å². The molecule has 2 aromatic rings. The number of amides is 1. The monoisotopic (exact) mass is 395 g/mol. The van der Waals surface area contributed by atoms with E-state index in [0.717, 1.165) is 35.0 Å². The third-order valence-electron chi connectivity index (χ3n) is 5.91. The summed E-state index contributed by atoms with van der Waals surface area (Å²) in [5, 5.41) is 0. The fourth-order valence-electron chi connectivity index (χ4n) is 4.10. The van der Waals surface area contributed by atoms with Gasteiger partial charge < -0.3 is 14.4 Å². The Morgan fingerprint density at radius 3 is 1.76 bits per heavy atom. The predicted octanol–water partition coefficient (Wildman–Crippen LogP) is 5.59. The van der Waals surface area contributed by atoms with E-state index in [1.807, 2.05) is 53.4 Å². The molecule has 0 heterocycles. The molecule has 4 heteroatoms. The number of rotatable bonds is 9. The Kier molecular flexibility index (Phi) is 7.97. The average molecular weight is 396 g/mol. The van der Waals surface area contributed by atoms with Crippen LogP contribution in [0.25, 0.3) is 0 Å². The van der Waals surface area contributed by atoms with Gasteiger partial charge in [0.05, 0.1) is 14.2 Å². The lowest BCUT2D eigenvalue weighted by atomic mass is 9.86. The van der Waals surface area contributed by atoms with E-state index in [9.17, 15) is 4.79 Å². The molecule has 29 heavy (non-hydrogen) atoms. The van der Waals surface area contributed by atoms with Crippen molar-refractivity contribution >= 4 is 5.91 Å². The fraction of sp³-hybridized carbons (Fsp3) is 0.480. The number of carbonyl (C=O) groups is 1. The number of carbonyl (C=O) groups excluding carboxylic acids is 1. The minimum atomic E-state index is 0.238. The minimum absolute atomic E-state index is 0.238. The molecule has 1 aliphatic carbocycles. The molecule has 3 rings (SSSR count). The summed E-state index contributed by atoms with van der Waals surface area (Å²) in [5.41, 5.74) is 2.23. The predicted molar refractivity (Wildman–Crippen MR) is 116 cm³/mol. The molecule has 0 radical (unpaired) electrons. The standard InChI is InChI=1S/C25H33NO3/c1-28-23-13-8-21(9-14-23)18-26(19-22-10-15-24(29-2)16-11-22)25(27)17-12-20-6-4-3-5-7-20/h8-11,13-16,20H,3-7,12,17-19H2,1-2H3. The van der Waals surface area contributed by atoms with E-state index >= 15 is 0 Å². The smallest absolute Gasteiger partial charge is 0.223 e. The summed E-state index contributed by atoms with van der Waals surface area (Å²) in [6.45, 7) is 1.22. The lowest BCUT2D eigenvalue weighted by molar-refractivity contribution is -0.132. The topological polar surface area (TPSA) is 38.8 Å². The van der Waals surface area contributed by atoms with Crippen LogP contribution in [-0.4, -0.2) is 25.0 Å². The fourth-order valence-corrected chi connectivity index (χ4v) is 4.10. The van der Waals surface area contributed by atoms with E-state index in [4.69, 9.17) is 9.47 Å². The quantitative estimate of drug-likeness (QED) is 0.555. The van der Waals surface area contributed by atoms with Crippen molar-refractivity contribution in [2.45, 2.75) is 58.0 Å². The van der Waals surface area contributed by atoms with Crippen molar-refractivity contribution in [2.24, 2.45) is 5.92 Å². The number of hydrogen-bond acceptors (Lipinski definition) is 3. The van der Waals surface area contributed by atoms with Gasteiger partial charge >= 0.3 is 0 Å². The summed E-state index contributed by atoms with van der Waals surface area (Å²) in [5.74, 6) is 2.62. The first kappa shape index (κ1) is 21.2. The second kappa shape index (κ2) is 10.9. The second-order valence-electron chi connectivity index (χ2n) is 7.99. The van der Waals surface area contributed by atoms with E-state index in [1.165, 1.54) is 32.1 Å². The summed E-state index contributed by atoms with van der Waals surface area (Å²) < 4.78 is 10.5. The highest BCUT2D eigenvalue weighted by Gasteiger charge is 2.19. The van der Waals surface area contributed by atoms with Crippen LogP contribution in [0.15, 0.2) is 48.5 Å². The molecular formula is C25H33NO3. The molecular weight excluding hydrogens is 362 g/mol. The number of nitrogens with zero attached hydrogens (tertiary/aromatic N) is 1. The Bertz CT molecular complexity index is 699. The van der Waals surface area contributed by atoms with Gasteiger partial charge in [0.15, 0.2) is 0 Å². The molecule has 1 fully saturated rings. The molecule has 4 nitrogen and oxygen atoms in total. The van der Waals surface area contributed by atoms with Crippen LogP contribution in [0, 0.1) is 5.92 Å². The summed E-state index contributed by atoms with van der Waals surface area (Å²) in [6.07, 6.45) is 8.21. The zero-order valence-electron chi connectivity index (χ0n) is 17.7. The molecule has 1 aliphatic rings. The Morgan fingerprint density at radius 1 is 0.828 bits per heavy atom. The molecule has 0 atom stereocenters. The molecule has 0 unspecified atom stereocenters. The summed E-state index contributed by atoms with van der Waals surface area (Å²) in [4.78, 5) is 15.1. The number of benzene rings is 2. The summed E-state index contributed by atoms with van der Waals surface area (Å²) in [7, 11) is 3.33. The van der Waals surface area contributed by atoms with Crippen LogP contribution in [0.3, 0.4) is 0 Å². The average Bonchev–Trinajstić information content (AvgIpc) is 2.78. The van der Waals surface area contributed by atoms with Gasteiger partial charge in [0.1, 0.15) is 11.5 Å². The molecule has 1 saturated carbocycles. The van der Waals surface area contributed by atoms with Crippen LogP contribution in [0.1, 0.15) is 56.1 Å². The third kappa shape index (κ3) is 6.52. The zero-order valence-corrected chi connectivity index (χ0v) is 17.7. The van der Waals surface area contributed by atoms with E-state index in [-0.39, 0.29) is 5.91 Å². The zero-order chi connectivity index (χ0) is 20.5. The largest absolute Gasteiger partial charge is 0.497 e. The van der Waals surface area contributed by atoms with Crippen molar-refractivity contribution in [3.8, 4) is 11.5 Å². The number of hydrogen-bond donors (Lipinski definition) is 0. The normalized spacial score (nSPS) is 14.4. The van der Waals surface area contributed by atoms with Gasteiger partial charge in [0, 0.05) is 19.5 Å². The van der Waals surface area contributed by atoms with Gasteiger partial charge in [0.25, 0.3) is 0 Å². The van der Waals surface area contributed by atoms with Gasteiger partial charge in [-0.05, 0) is 47.7 Å². The van der Waals surface area contributed by atoms with Gasteiger partial charge in [-0.2, -0.15) is 0 Å². The molecule has 156 valence electrons. The molecule has 0 bridgehead atoms. The second-order valence-corrected chi connectivity index (χ2v) is 7.99. The van der Waals surface area contributed by atoms with Crippen molar-refractivity contribution in [2.75, 3.05) is 14.2 Å². The molecule has 0 spiro atoms. The Balaban J connectivity index is 1.67. The van der Waals surface area contributed by atoms with E-state index in [1.54, 1.807) is 14.2 Å². The lowest BCUT2D eigenvalue weighted by Gasteiger charge is -2.26. The number of methoxy groups -OCH3 is 2. The maximum atomic E-state index is 13.1. The van der Waals surface area contributed by atoms with Crippen LogP contribution in [0.2, 0.25) is 0 Å². The first-order chi connectivity index (χ1) is 14.2. The van der Waals surface area contributed by atoms with E-state index in [2.05, 4.69) is 0 Å². The first-order valence-electron chi connectivity index (χ1n) is 10.7. The molecule has 1 amide bonds. The van der Waals surface area contributed by atoms with Crippen molar-refractivity contribution < 1.29 is 14.3 Å². The molecule has 0 saturated heterocycles. The van der Waals surface area contributed by atoms with Crippen molar-refractivity contribution in [1.29, 1.82) is 0 Å². The van der Waals surface area contributed by atoms with Crippen molar-refractivity contribution in [1.82, 2.24) is 4.90 Å². The lowest BCUT2D eigenvalue weighted by Crippen LogP contribution is -2.30. The Hall–Kier alpha value is -2.49. The summed E-state index contributed by atoms with van der Waals surface area (Å²) in [6, 6.07) is 16.0. The maximum absolute atomic E-state index is 13.1. The molecule has 0 N–H and O–H groups in total. The Morgan fingerprint density at radius 2 is 1.31 bits per heavy atom. The van der Waals surface area contributed by atoms with Crippen LogP contribution >= 0.6 is 0 Å². The molecule has 2 aromatic carbocycles. The van der Waals surface area contributed by atoms with Crippen molar-refractivity contribution in [3.63, 3.8) is 0 Å². The highest BCUT2D eigenvalue weighted by molar-refractivity contribution is 5.76. The summed E-state index contributed by atoms with van der Waals surface area (Å²) >= 11 is 0. The first-order valence-corrected chi connectivity index (χ1v) is 10.7. The maximum Gasteiger partial charge on any atom is 0.223 e. The van der Waals surface area contributed by atoms with E-state index < -0.39 is 0 Å². The van der Waals surface area contributed by atoms with Gasteiger partial charge in [-0.25, -0.2) is 0 Å². The number of ether oxygens (including phenoxy) is 2. The molecule has 0 aromatic heterocycles. The van der Waals surface area contributed by atoms with Crippen LogP contribution in [0.4, 0.5) is 0 Å². The van der Waals surface area contributed by atoms with Crippen LogP contribution < -0.4 is 9.47 Å². The highest BCUT2D eigenvalue weighted by atomic mass is 16.5. The Labute approximate surface area is 174 Å². The van der Waals surface area contributed by atoms with Gasteiger partial charge in [-0.3, -0.25) is 4.79 Å². The highest BCUT2D eigenvalue weighted by Crippen LogP contribution is 2.28. The SMILES string of the molecule is COc1ccc(CN(Cc2ccc(OC)cc2)C(=O)CCC2CCCCC2)cc1. The van der Waals surface area contributed by atoms with Crippen molar-refractivity contribution in [3.05, 3.63) is 59.7 Å². The minimum Gasteiger partial charge on any atom is -0.497 e. The molecule has 0 aliphatic heterocycles. The van der Waals surface area contributed by atoms with Gasteiger partial charge in [-0.1, -0.05) is 56.4 Å². The van der Waals surface area contributed by atoms with Crippen LogP contribution in [0.5, 0.6) is 11.5 Å². The van der Waals surface area contributed by atoms with Gasteiger partial charge in [0.2, 0.25) is 5.91 Å².